The summed E-state index contributed by atoms with van der Waals surface area (Å²) in [5.41, 5.74) is 2.17. The maximum Gasteiger partial charge on any atom is 0.0897 e. The molecule has 0 aliphatic carbocycles. The highest BCUT2D eigenvalue weighted by Crippen LogP contribution is 2.29. The minimum atomic E-state index is 0.172. The Morgan fingerprint density at radius 3 is 2.84 bits per heavy atom. The lowest BCUT2D eigenvalue weighted by atomic mass is 10.1. The normalized spacial score (nSPS) is 12.6. The SMILES string of the molecule is Cc1nc(CCNC(C)c2cccc(Cl)c2Cl)cs1. The van der Waals surface area contributed by atoms with Gasteiger partial charge in [0.15, 0.2) is 0 Å². The molecule has 19 heavy (non-hydrogen) atoms. The molecule has 0 radical (unpaired) electrons. The summed E-state index contributed by atoms with van der Waals surface area (Å²) in [7, 11) is 0. The molecule has 0 spiro atoms. The van der Waals surface area contributed by atoms with Crippen molar-refractivity contribution in [1.29, 1.82) is 0 Å². The zero-order chi connectivity index (χ0) is 13.8. The van der Waals surface area contributed by atoms with E-state index in [1.165, 1.54) is 0 Å². The fraction of sp³-hybridized carbons (Fsp3) is 0.357. The van der Waals surface area contributed by atoms with E-state index in [4.69, 9.17) is 23.2 Å². The number of nitrogens with zero attached hydrogens (tertiary/aromatic N) is 1. The van der Waals surface area contributed by atoms with Crippen LogP contribution in [0.2, 0.25) is 10.0 Å². The summed E-state index contributed by atoms with van der Waals surface area (Å²) >= 11 is 13.9. The lowest BCUT2D eigenvalue weighted by Crippen LogP contribution is -2.21. The monoisotopic (exact) mass is 314 g/mol. The Morgan fingerprint density at radius 1 is 1.37 bits per heavy atom. The average Bonchev–Trinajstić information content (AvgIpc) is 2.78. The van der Waals surface area contributed by atoms with E-state index in [-0.39, 0.29) is 6.04 Å². The van der Waals surface area contributed by atoms with Crippen LogP contribution in [0.1, 0.15) is 29.2 Å². The van der Waals surface area contributed by atoms with Gasteiger partial charge in [0.25, 0.3) is 0 Å². The minimum Gasteiger partial charge on any atom is -0.310 e. The van der Waals surface area contributed by atoms with Crippen molar-refractivity contribution < 1.29 is 0 Å². The Kier molecular flexibility index (Phi) is 5.22. The van der Waals surface area contributed by atoms with Crippen molar-refractivity contribution in [3.8, 4) is 0 Å². The van der Waals surface area contributed by atoms with Crippen molar-refractivity contribution in [2.24, 2.45) is 0 Å². The largest absolute Gasteiger partial charge is 0.310 e. The number of thiazole rings is 1. The molecule has 0 fully saturated rings. The van der Waals surface area contributed by atoms with Crippen molar-refractivity contribution in [2.75, 3.05) is 6.54 Å². The third kappa shape index (κ3) is 3.93. The van der Waals surface area contributed by atoms with E-state index in [9.17, 15) is 0 Å². The molecule has 0 amide bonds. The van der Waals surface area contributed by atoms with Gasteiger partial charge in [0.05, 0.1) is 20.7 Å². The van der Waals surface area contributed by atoms with Gasteiger partial charge < -0.3 is 5.32 Å². The first kappa shape index (κ1) is 14.8. The minimum absolute atomic E-state index is 0.172. The van der Waals surface area contributed by atoms with Crippen LogP contribution >= 0.6 is 34.5 Å². The van der Waals surface area contributed by atoms with Gasteiger partial charge in [-0.1, -0.05) is 35.3 Å². The van der Waals surface area contributed by atoms with Gasteiger partial charge in [-0.05, 0) is 25.5 Å². The van der Waals surface area contributed by atoms with Crippen molar-refractivity contribution in [3.05, 3.63) is 49.9 Å². The standard InChI is InChI=1S/C14H16Cl2N2S/c1-9(12-4-3-5-13(15)14(12)16)17-7-6-11-8-19-10(2)18-11/h3-5,8-9,17H,6-7H2,1-2H3. The molecule has 0 saturated heterocycles. The number of hydrogen-bond acceptors (Lipinski definition) is 3. The van der Waals surface area contributed by atoms with Crippen molar-refractivity contribution >= 4 is 34.5 Å². The van der Waals surface area contributed by atoms with E-state index < -0.39 is 0 Å². The summed E-state index contributed by atoms with van der Waals surface area (Å²) in [6, 6.07) is 5.90. The maximum absolute atomic E-state index is 6.20. The summed E-state index contributed by atoms with van der Waals surface area (Å²) in [6.07, 6.45) is 0.923. The van der Waals surface area contributed by atoms with Crippen LogP contribution in [0.25, 0.3) is 0 Å². The molecule has 0 bridgehead atoms. The van der Waals surface area contributed by atoms with E-state index in [1.54, 1.807) is 17.4 Å². The predicted octanol–water partition coefficient (Wildman–Crippen LogP) is 4.65. The van der Waals surface area contributed by atoms with Crippen LogP contribution in [0.5, 0.6) is 0 Å². The summed E-state index contributed by atoms with van der Waals surface area (Å²) in [4.78, 5) is 4.44. The van der Waals surface area contributed by atoms with Gasteiger partial charge in [-0.25, -0.2) is 4.98 Å². The first-order valence-corrected chi connectivity index (χ1v) is 7.80. The predicted molar refractivity (Wildman–Crippen MR) is 83.4 cm³/mol. The highest BCUT2D eigenvalue weighted by atomic mass is 35.5. The number of rotatable bonds is 5. The second-order valence-electron chi connectivity index (χ2n) is 4.43. The third-order valence-corrected chi connectivity index (χ3v) is 4.60. The molecule has 2 aromatic rings. The molecule has 1 aromatic heterocycles. The third-order valence-electron chi connectivity index (χ3n) is 2.95. The second kappa shape index (κ2) is 6.71. The van der Waals surface area contributed by atoms with Crippen LogP contribution in [0.4, 0.5) is 0 Å². The van der Waals surface area contributed by atoms with Crippen LogP contribution in [-0.2, 0) is 6.42 Å². The zero-order valence-corrected chi connectivity index (χ0v) is 13.2. The number of benzene rings is 1. The van der Waals surface area contributed by atoms with E-state index in [0.29, 0.717) is 10.0 Å². The van der Waals surface area contributed by atoms with Crippen LogP contribution in [0.15, 0.2) is 23.6 Å². The number of hydrogen-bond donors (Lipinski definition) is 1. The Hall–Kier alpha value is -0.610. The first-order valence-electron chi connectivity index (χ1n) is 6.16. The Balaban J connectivity index is 1.90. The molecular formula is C14H16Cl2N2S. The van der Waals surface area contributed by atoms with Gasteiger partial charge in [-0.15, -0.1) is 11.3 Å². The van der Waals surface area contributed by atoms with Gasteiger partial charge >= 0.3 is 0 Å². The molecule has 0 aliphatic heterocycles. The summed E-state index contributed by atoms with van der Waals surface area (Å²) in [6.45, 7) is 4.98. The molecule has 0 saturated carbocycles. The van der Waals surface area contributed by atoms with Gasteiger partial charge in [0.2, 0.25) is 0 Å². The molecule has 1 atom stereocenters. The van der Waals surface area contributed by atoms with Crippen molar-refractivity contribution in [1.82, 2.24) is 10.3 Å². The highest BCUT2D eigenvalue weighted by Gasteiger charge is 2.11. The lowest BCUT2D eigenvalue weighted by Gasteiger charge is -2.16. The van der Waals surface area contributed by atoms with Crippen LogP contribution in [0, 0.1) is 6.92 Å². The fourth-order valence-corrected chi connectivity index (χ4v) is 3.02. The molecule has 5 heteroatoms. The molecule has 1 N–H and O–H groups in total. The number of nitrogens with one attached hydrogen (secondary N) is 1. The first-order chi connectivity index (χ1) is 9.08. The van der Waals surface area contributed by atoms with Gasteiger partial charge in [0.1, 0.15) is 0 Å². The molecule has 0 aliphatic rings. The molecule has 1 unspecified atom stereocenters. The second-order valence-corrected chi connectivity index (χ2v) is 6.27. The van der Waals surface area contributed by atoms with Gasteiger partial charge in [-0.3, -0.25) is 0 Å². The number of halogens is 2. The fourth-order valence-electron chi connectivity index (χ4n) is 1.90. The van der Waals surface area contributed by atoms with Gasteiger partial charge in [-0.2, -0.15) is 0 Å². The topological polar surface area (TPSA) is 24.9 Å². The van der Waals surface area contributed by atoms with Crippen LogP contribution < -0.4 is 5.32 Å². The van der Waals surface area contributed by atoms with E-state index in [0.717, 1.165) is 29.2 Å². The summed E-state index contributed by atoms with van der Waals surface area (Å²) in [5, 5.41) is 7.90. The molecule has 2 nitrogen and oxygen atoms in total. The highest BCUT2D eigenvalue weighted by molar-refractivity contribution is 7.09. The van der Waals surface area contributed by atoms with Gasteiger partial charge in [0, 0.05) is 24.4 Å². The Labute approximate surface area is 127 Å². The Bertz CT molecular complexity index is 554. The number of aryl methyl sites for hydroxylation is 1. The van der Waals surface area contributed by atoms with E-state index in [1.807, 2.05) is 19.1 Å². The lowest BCUT2D eigenvalue weighted by molar-refractivity contribution is 0.574. The quantitative estimate of drug-likeness (QED) is 0.868. The zero-order valence-electron chi connectivity index (χ0n) is 10.9. The summed E-state index contributed by atoms with van der Waals surface area (Å²) < 4.78 is 0. The van der Waals surface area contributed by atoms with E-state index in [2.05, 4.69) is 22.6 Å². The molecular weight excluding hydrogens is 299 g/mol. The molecule has 1 heterocycles. The smallest absolute Gasteiger partial charge is 0.0897 e. The van der Waals surface area contributed by atoms with Crippen LogP contribution in [0.3, 0.4) is 0 Å². The molecule has 102 valence electrons. The van der Waals surface area contributed by atoms with Crippen molar-refractivity contribution in [2.45, 2.75) is 26.3 Å². The van der Waals surface area contributed by atoms with E-state index >= 15 is 0 Å². The summed E-state index contributed by atoms with van der Waals surface area (Å²) in [5.74, 6) is 0. The molecule has 2 rings (SSSR count). The average molecular weight is 315 g/mol. The van der Waals surface area contributed by atoms with Crippen LogP contribution in [-0.4, -0.2) is 11.5 Å². The number of aromatic nitrogens is 1. The van der Waals surface area contributed by atoms with Crippen molar-refractivity contribution in [3.63, 3.8) is 0 Å². The molecule has 1 aromatic carbocycles. The Morgan fingerprint density at radius 2 is 2.16 bits per heavy atom. The maximum atomic E-state index is 6.20.